The number of hydrogen-bond acceptors (Lipinski definition) is 8. The zero-order valence-electron chi connectivity index (χ0n) is 21.3. The molecular formula is C22H33F6N3O6S. The number of aryl methyl sites for hydroxylation is 1. The van der Waals surface area contributed by atoms with Crippen LogP contribution in [0.1, 0.15) is 30.0 Å². The van der Waals surface area contributed by atoms with Crippen LogP contribution in [0.25, 0.3) is 0 Å². The van der Waals surface area contributed by atoms with E-state index in [0.717, 1.165) is 32.0 Å². The molecule has 0 amide bonds. The third kappa shape index (κ3) is 11.8. The lowest BCUT2D eigenvalue weighted by Crippen LogP contribution is -2.41. The van der Waals surface area contributed by atoms with Crippen molar-refractivity contribution < 1.29 is 55.6 Å². The first-order valence-electron chi connectivity index (χ1n) is 11.5. The number of carbonyl (C=O) groups is 2. The quantitative estimate of drug-likeness (QED) is 0.466. The van der Waals surface area contributed by atoms with Crippen LogP contribution in [0.4, 0.5) is 26.3 Å². The van der Waals surface area contributed by atoms with Gasteiger partial charge in [-0.3, -0.25) is 9.80 Å². The molecule has 0 radical (unpaired) electrons. The predicted octanol–water partition coefficient (Wildman–Crippen LogP) is 3.67. The van der Waals surface area contributed by atoms with Crippen molar-refractivity contribution in [2.45, 2.75) is 51.1 Å². The number of thiazole rings is 1. The van der Waals surface area contributed by atoms with Crippen LogP contribution in [-0.2, 0) is 25.6 Å². The summed E-state index contributed by atoms with van der Waals surface area (Å²) < 4.78 is 74.2. The van der Waals surface area contributed by atoms with Gasteiger partial charge in [0.1, 0.15) is 5.01 Å². The number of aromatic nitrogens is 1. The van der Waals surface area contributed by atoms with Crippen LogP contribution < -0.4 is 0 Å². The van der Waals surface area contributed by atoms with Gasteiger partial charge in [0, 0.05) is 44.4 Å². The summed E-state index contributed by atoms with van der Waals surface area (Å²) in [4.78, 5) is 27.6. The third-order valence-electron chi connectivity index (χ3n) is 6.09. The Balaban J connectivity index is 0.000000426. The molecule has 2 aliphatic heterocycles. The average Bonchev–Trinajstić information content (AvgIpc) is 3.36. The van der Waals surface area contributed by atoms with E-state index in [2.05, 4.69) is 27.1 Å². The van der Waals surface area contributed by atoms with Gasteiger partial charge in [-0.2, -0.15) is 26.3 Å². The maximum absolute atomic E-state index is 10.6. The van der Waals surface area contributed by atoms with Gasteiger partial charge in [-0.25, -0.2) is 14.6 Å². The fraction of sp³-hybridized carbons (Fsp3) is 0.773. The van der Waals surface area contributed by atoms with Gasteiger partial charge in [-0.05, 0) is 44.7 Å². The summed E-state index contributed by atoms with van der Waals surface area (Å²) in [5.74, 6) is -5.51. The number of nitrogens with zero attached hydrogens (tertiary/aromatic N) is 3. The van der Waals surface area contributed by atoms with Gasteiger partial charge in [0.2, 0.25) is 0 Å². The lowest BCUT2D eigenvalue weighted by atomic mass is 9.76. The molecule has 1 aromatic rings. The van der Waals surface area contributed by atoms with Crippen molar-refractivity contribution in [3.63, 3.8) is 0 Å². The lowest BCUT2D eigenvalue weighted by Gasteiger charge is -2.39. The van der Waals surface area contributed by atoms with Gasteiger partial charge < -0.3 is 19.7 Å². The molecule has 2 aliphatic rings. The second-order valence-electron chi connectivity index (χ2n) is 9.04. The predicted molar refractivity (Wildman–Crippen MR) is 125 cm³/mol. The second kappa shape index (κ2) is 15.0. The number of alkyl halides is 6. The number of halogens is 6. The Morgan fingerprint density at radius 1 is 1.08 bits per heavy atom. The van der Waals surface area contributed by atoms with Crippen molar-refractivity contribution in [1.82, 2.24) is 14.8 Å². The molecule has 2 fully saturated rings. The molecule has 38 heavy (non-hydrogen) atoms. The molecule has 1 spiro atoms. The standard InChI is InChI=1S/C18H31N3O2S.2C2HF3O2/c1-15-13-24-17(19-15)11-20-6-4-18(5-7-20)10-16(12-23-3)21(14-18)8-9-22-2;2*3-2(4,5)1(6)7/h13,16H,4-12,14H2,1-3H3;2*(H,6,7). The number of rotatable bonds is 7. The van der Waals surface area contributed by atoms with Crippen molar-refractivity contribution in [2.24, 2.45) is 5.41 Å². The fourth-order valence-corrected chi connectivity index (χ4v) is 5.11. The van der Waals surface area contributed by atoms with Gasteiger partial charge in [-0.1, -0.05) is 0 Å². The van der Waals surface area contributed by atoms with E-state index in [9.17, 15) is 26.3 Å². The highest BCUT2D eigenvalue weighted by molar-refractivity contribution is 7.09. The molecular weight excluding hydrogens is 548 g/mol. The molecule has 1 unspecified atom stereocenters. The minimum Gasteiger partial charge on any atom is -0.475 e. The first-order chi connectivity index (χ1) is 17.5. The molecule has 1 aromatic heterocycles. The van der Waals surface area contributed by atoms with Crippen LogP contribution in [0.3, 0.4) is 0 Å². The van der Waals surface area contributed by atoms with Crippen LogP contribution in [0, 0.1) is 12.3 Å². The molecule has 1 atom stereocenters. The van der Waals surface area contributed by atoms with Crippen molar-refractivity contribution in [3.8, 4) is 0 Å². The molecule has 3 rings (SSSR count). The molecule has 2 saturated heterocycles. The smallest absolute Gasteiger partial charge is 0.475 e. The summed E-state index contributed by atoms with van der Waals surface area (Å²) in [5.41, 5.74) is 1.63. The number of hydrogen-bond donors (Lipinski definition) is 2. The van der Waals surface area contributed by atoms with Crippen LogP contribution in [-0.4, -0.2) is 109 Å². The Hall–Kier alpha value is -2.01. The van der Waals surface area contributed by atoms with E-state index in [4.69, 9.17) is 29.3 Å². The summed E-state index contributed by atoms with van der Waals surface area (Å²) in [7, 11) is 3.61. The van der Waals surface area contributed by atoms with Crippen LogP contribution in [0.5, 0.6) is 0 Å². The molecule has 0 aromatic carbocycles. The zero-order valence-corrected chi connectivity index (χ0v) is 22.1. The van der Waals surface area contributed by atoms with Crippen molar-refractivity contribution in [3.05, 3.63) is 16.1 Å². The van der Waals surface area contributed by atoms with E-state index >= 15 is 0 Å². The van der Waals surface area contributed by atoms with Crippen LogP contribution in [0.2, 0.25) is 0 Å². The van der Waals surface area contributed by atoms with E-state index in [1.807, 2.05) is 7.11 Å². The van der Waals surface area contributed by atoms with E-state index in [0.29, 0.717) is 11.5 Å². The Labute approximate surface area is 220 Å². The number of likely N-dealkylation sites (tertiary alicyclic amines) is 2. The number of carboxylic acids is 2. The average molecular weight is 582 g/mol. The highest BCUT2D eigenvalue weighted by Crippen LogP contribution is 2.43. The van der Waals surface area contributed by atoms with Gasteiger partial charge in [-0.15, -0.1) is 11.3 Å². The SMILES string of the molecule is COCCN1CC2(CCN(Cc3nc(C)cs3)CC2)CC1COC.O=C(O)C(F)(F)F.O=C(O)C(F)(F)F. The first kappa shape index (κ1) is 34.0. The van der Waals surface area contributed by atoms with Crippen LogP contribution in [0.15, 0.2) is 5.38 Å². The number of ether oxygens (including phenoxy) is 2. The minimum absolute atomic E-state index is 0.478. The number of carboxylic acid groups (broad SMARTS) is 2. The van der Waals surface area contributed by atoms with Gasteiger partial charge >= 0.3 is 24.3 Å². The third-order valence-corrected chi connectivity index (χ3v) is 7.04. The van der Waals surface area contributed by atoms with Gasteiger partial charge in [0.05, 0.1) is 19.8 Å². The maximum atomic E-state index is 10.6. The highest BCUT2D eigenvalue weighted by atomic mass is 32.1. The largest absolute Gasteiger partial charge is 0.490 e. The fourth-order valence-electron chi connectivity index (χ4n) is 4.29. The Morgan fingerprint density at radius 3 is 2.00 bits per heavy atom. The summed E-state index contributed by atoms with van der Waals surface area (Å²) in [6.45, 7) is 9.35. The molecule has 0 saturated carbocycles. The Bertz CT molecular complexity index is 850. The molecule has 220 valence electrons. The van der Waals surface area contributed by atoms with E-state index < -0.39 is 24.3 Å². The van der Waals surface area contributed by atoms with E-state index in [1.165, 1.54) is 43.9 Å². The molecule has 16 heteroatoms. The number of aliphatic carboxylic acids is 2. The van der Waals surface area contributed by atoms with Crippen molar-refractivity contribution in [1.29, 1.82) is 0 Å². The van der Waals surface area contributed by atoms with Crippen molar-refractivity contribution in [2.75, 3.05) is 53.6 Å². The zero-order chi connectivity index (χ0) is 29.1. The molecule has 3 heterocycles. The molecule has 0 aliphatic carbocycles. The maximum Gasteiger partial charge on any atom is 0.490 e. The van der Waals surface area contributed by atoms with Crippen LogP contribution >= 0.6 is 11.3 Å². The monoisotopic (exact) mass is 581 g/mol. The van der Waals surface area contributed by atoms with Crippen molar-refractivity contribution >= 4 is 23.3 Å². The lowest BCUT2D eigenvalue weighted by molar-refractivity contribution is -0.193. The summed E-state index contributed by atoms with van der Waals surface area (Å²) in [6, 6.07) is 0.554. The summed E-state index contributed by atoms with van der Waals surface area (Å²) in [6.07, 6.45) is -6.31. The second-order valence-corrected chi connectivity index (χ2v) is 9.98. The Kier molecular flexibility index (Phi) is 13.4. The summed E-state index contributed by atoms with van der Waals surface area (Å²) >= 11 is 1.79. The molecule has 0 bridgehead atoms. The topological polar surface area (TPSA) is 112 Å². The number of piperidine rings is 1. The van der Waals surface area contributed by atoms with E-state index in [-0.39, 0.29) is 0 Å². The van der Waals surface area contributed by atoms with E-state index in [1.54, 1.807) is 18.4 Å². The highest BCUT2D eigenvalue weighted by Gasteiger charge is 2.45. The molecule has 9 nitrogen and oxygen atoms in total. The van der Waals surface area contributed by atoms with Gasteiger partial charge in [0.15, 0.2) is 0 Å². The molecule has 2 N–H and O–H groups in total. The summed E-state index contributed by atoms with van der Waals surface area (Å²) in [5, 5.41) is 17.7. The minimum atomic E-state index is -5.08. The normalized spacial score (nSPS) is 19.9. The first-order valence-corrected chi connectivity index (χ1v) is 12.4. The van der Waals surface area contributed by atoms with Gasteiger partial charge in [0.25, 0.3) is 0 Å². The number of methoxy groups -OCH3 is 2. The Morgan fingerprint density at radius 2 is 1.61 bits per heavy atom.